The highest BCUT2D eigenvalue weighted by molar-refractivity contribution is 5.69. The average molecular weight is 467 g/mol. The molecular formula is C24H29F3N2O4. The monoisotopic (exact) mass is 466 g/mol. The molecular weight excluding hydrogens is 437 g/mol. The first-order chi connectivity index (χ1) is 15.4. The summed E-state index contributed by atoms with van der Waals surface area (Å²) in [5.41, 5.74) is 1.80. The van der Waals surface area contributed by atoms with Crippen molar-refractivity contribution in [2.24, 2.45) is 0 Å². The molecule has 1 aromatic heterocycles. The van der Waals surface area contributed by atoms with Gasteiger partial charge in [-0.25, -0.2) is 4.79 Å². The third-order valence-electron chi connectivity index (χ3n) is 5.19. The molecule has 3 rings (SSSR count). The number of methoxy groups -OCH3 is 1. The second-order valence-electron chi connectivity index (χ2n) is 9.01. The fourth-order valence-electron chi connectivity index (χ4n) is 3.80. The van der Waals surface area contributed by atoms with Crippen molar-refractivity contribution in [2.75, 3.05) is 13.7 Å². The number of carbonyl (C=O) groups excluding carboxylic acids is 1. The smallest absolute Gasteiger partial charge is 0.410 e. The predicted molar refractivity (Wildman–Crippen MR) is 116 cm³/mol. The molecule has 1 aliphatic heterocycles. The van der Waals surface area contributed by atoms with Gasteiger partial charge in [-0.05, 0) is 69.5 Å². The van der Waals surface area contributed by atoms with Gasteiger partial charge < -0.3 is 19.1 Å². The van der Waals surface area contributed by atoms with Crippen molar-refractivity contribution in [3.8, 4) is 11.5 Å². The van der Waals surface area contributed by atoms with Gasteiger partial charge in [0.05, 0.1) is 19.6 Å². The van der Waals surface area contributed by atoms with E-state index in [9.17, 15) is 18.0 Å². The largest absolute Gasteiger partial charge is 0.495 e. The first-order valence-electron chi connectivity index (χ1n) is 10.7. The number of amides is 1. The highest BCUT2D eigenvalue weighted by Gasteiger charge is 2.41. The second kappa shape index (κ2) is 9.49. The van der Waals surface area contributed by atoms with Gasteiger partial charge in [0, 0.05) is 12.2 Å². The van der Waals surface area contributed by atoms with Crippen molar-refractivity contribution in [3.05, 3.63) is 52.8 Å². The van der Waals surface area contributed by atoms with Crippen LogP contribution in [-0.4, -0.2) is 41.4 Å². The summed E-state index contributed by atoms with van der Waals surface area (Å²) in [6, 6.07) is 7.42. The summed E-state index contributed by atoms with van der Waals surface area (Å²) in [5.74, 6) is 1.10. The van der Waals surface area contributed by atoms with E-state index in [4.69, 9.17) is 14.2 Å². The Kier molecular flexibility index (Phi) is 7.09. The van der Waals surface area contributed by atoms with Crippen molar-refractivity contribution in [1.82, 2.24) is 9.88 Å². The molecule has 0 fully saturated rings. The summed E-state index contributed by atoms with van der Waals surface area (Å²) in [6.07, 6.45) is -5.95. The van der Waals surface area contributed by atoms with Crippen LogP contribution in [0.4, 0.5) is 18.0 Å². The molecule has 33 heavy (non-hydrogen) atoms. The van der Waals surface area contributed by atoms with Gasteiger partial charge in [0.2, 0.25) is 0 Å². The van der Waals surface area contributed by atoms with Crippen LogP contribution in [0, 0.1) is 6.92 Å². The number of ether oxygens (including phenoxy) is 3. The molecule has 1 aromatic carbocycles. The summed E-state index contributed by atoms with van der Waals surface area (Å²) in [4.78, 5) is 18.2. The molecule has 0 aliphatic carbocycles. The number of carbonyl (C=O) groups is 1. The Balaban J connectivity index is 1.83. The molecule has 1 aliphatic rings. The zero-order valence-electron chi connectivity index (χ0n) is 19.5. The van der Waals surface area contributed by atoms with Gasteiger partial charge in [0.25, 0.3) is 0 Å². The van der Waals surface area contributed by atoms with Crippen molar-refractivity contribution >= 4 is 6.09 Å². The van der Waals surface area contributed by atoms with E-state index in [1.54, 1.807) is 52.1 Å². The number of rotatable bonds is 5. The van der Waals surface area contributed by atoms with Gasteiger partial charge in [-0.3, -0.25) is 4.98 Å². The van der Waals surface area contributed by atoms with Crippen LogP contribution in [0.3, 0.4) is 0 Å². The highest BCUT2D eigenvalue weighted by Crippen LogP contribution is 2.40. The number of aryl methyl sites for hydroxylation is 1. The van der Waals surface area contributed by atoms with Gasteiger partial charge >= 0.3 is 12.3 Å². The number of nitrogens with zero attached hydrogens (tertiary/aromatic N) is 2. The lowest BCUT2D eigenvalue weighted by atomic mass is 9.90. The third-order valence-corrected chi connectivity index (χ3v) is 5.19. The lowest BCUT2D eigenvalue weighted by molar-refractivity contribution is -0.148. The van der Waals surface area contributed by atoms with Crippen molar-refractivity contribution < 1.29 is 32.2 Å². The zero-order valence-corrected chi connectivity index (χ0v) is 19.5. The highest BCUT2D eigenvalue weighted by atomic mass is 19.4. The summed E-state index contributed by atoms with van der Waals surface area (Å²) >= 11 is 0. The summed E-state index contributed by atoms with van der Waals surface area (Å²) in [7, 11) is 1.55. The number of alkyl halides is 3. The fraction of sp³-hybridized carbons (Fsp3) is 0.500. The zero-order chi connectivity index (χ0) is 24.4. The molecule has 0 saturated heterocycles. The maximum atomic E-state index is 13.4. The standard InChI is InChI=1S/C24H29F3N2O4/c1-15-6-9-21(31-5)19(28-15)14-32-17-7-8-18-16(12-17)10-11-29(20(18)13-24(25,26)27)22(30)33-23(2,3)4/h6-9,12,20H,10-11,13-14H2,1-5H3. The maximum Gasteiger partial charge on any atom is 0.410 e. The van der Waals surface area contributed by atoms with Gasteiger partial charge in [0.15, 0.2) is 0 Å². The van der Waals surface area contributed by atoms with Crippen LogP contribution in [0.25, 0.3) is 0 Å². The fourth-order valence-corrected chi connectivity index (χ4v) is 3.80. The number of fused-ring (bicyclic) bond motifs is 1. The molecule has 0 saturated carbocycles. The number of pyridine rings is 1. The van der Waals surface area contributed by atoms with Crippen molar-refractivity contribution in [3.63, 3.8) is 0 Å². The summed E-state index contributed by atoms with van der Waals surface area (Å²) in [6.45, 7) is 7.19. The van der Waals surface area contributed by atoms with E-state index in [2.05, 4.69) is 4.98 Å². The molecule has 2 aromatic rings. The Hall–Kier alpha value is -2.97. The van der Waals surface area contributed by atoms with Crippen molar-refractivity contribution in [2.45, 2.75) is 65.0 Å². The first-order valence-corrected chi connectivity index (χ1v) is 10.7. The molecule has 6 nitrogen and oxygen atoms in total. The first kappa shape index (κ1) is 24.7. The van der Waals surface area contributed by atoms with E-state index in [1.165, 1.54) is 4.90 Å². The topological polar surface area (TPSA) is 60.9 Å². The quantitative estimate of drug-likeness (QED) is 0.560. The molecule has 0 bridgehead atoms. The van der Waals surface area contributed by atoms with Gasteiger partial charge in [-0.2, -0.15) is 13.2 Å². The number of hydrogen-bond acceptors (Lipinski definition) is 5. The van der Waals surface area contributed by atoms with E-state index < -0.39 is 30.3 Å². The van der Waals surface area contributed by atoms with Crippen LogP contribution in [0.2, 0.25) is 0 Å². The Morgan fingerprint density at radius 2 is 1.91 bits per heavy atom. The normalized spacial score (nSPS) is 16.2. The number of halogens is 3. The second-order valence-corrected chi connectivity index (χ2v) is 9.01. The SMILES string of the molecule is COc1ccc(C)nc1COc1ccc2c(c1)CCN(C(=O)OC(C)(C)C)C2CC(F)(F)F. The van der Waals surface area contributed by atoms with Gasteiger partial charge in [0.1, 0.15) is 29.4 Å². The minimum Gasteiger partial charge on any atom is -0.495 e. The lowest BCUT2D eigenvalue weighted by Gasteiger charge is -2.38. The van der Waals surface area contributed by atoms with E-state index in [0.29, 0.717) is 34.7 Å². The van der Waals surface area contributed by atoms with Crippen LogP contribution < -0.4 is 9.47 Å². The van der Waals surface area contributed by atoms with E-state index in [0.717, 1.165) is 5.69 Å². The molecule has 1 atom stereocenters. The van der Waals surface area contributed by atoms with E-state index >= 15 is 0 Å². The van der Waals surface area contributed by atoms with E-state index in [1.807, 2.05) is 13.0 Å². The number of aromatic nitrogens is 1. The molecule has 1 amide bonds. The Morgan fingerprint density at radius 3 is 2.55 bits per heavy atom. The molecule has 1 unspecified atom stereocenters. The molecule has 0 N–H and O–H groups in total. The minimum atomic E-state index is -4.44. The van der Waals surface area contributed by atoms with Crippen LogP contribution in [-0.2, 0) is 17.8 Å². The molecule has 0 spiro atoms. The third kappa shape index (κ3) is 6.52. The number of benzene rings is 1. The maximum absolute atomic E-state index is 13.4. The summed E-state index contributed by atoms with van der Waals surface area (Å²) in [5, 5.41) is 0. The van der Waals surface area contributed by atoms with Crippen LogP contribution >= 0.6 is 0 Å². The van der Waals surface area contributed by atoms with Crippen LogP contribution in [0.5, 0.6) is 11.5 Å². The Labute approximate surface area is 191 Å². The predicted octanol–water partition coefficient (Wildman–Crippen LogP) is 5.76. The number of hydrogen-bond donors (Lipinski definition) is 0. The van der Waals surface area contributed by atoms with Crippen LogP contribution in [0.15, 0.2) is 30.3 Å². The molecule has 0 radical (unpaired) electrons. The van der Waals surface area contributed by atoms with Crippen LogP contribution in [0.1, 0.15) is 55.7 Å². The average Bonchev–Trinajstić information content (AvgIpc) is 2.70. The Bertz CT molecular complexity index is 1000. The minimum absolute atomic E-state index is 0.124. The van der Waals surface area contributed by atoms with Gasteiger partial charge in [-0.1, -0.05) is 6.07 Å². The van der Waals surface area contributed by atoms with Crippen molar-refractivity contribution in [1.29, 1.82) is 0 Å². The lowest BCUT2D eigenvalue weighted by Crippen LogP contribution is -2.44. The Morgan fingerprint density at radius 1 is 1.18 bits per heavy atom. The summed E-state index contributed by atoms with van der Waals surface area (Å²) < 4.78 is 56.7. The van der Waals surface area contributed by atoms with E-state index in [-0.39, 0.29) is 13.2 Å². The van der Waals surface area contributed by atoms with Gasteiger partial charge in [-0.15, -0.1) is 0 Å². The molecule has 9 heteroatoms. The molecule has 180 valence electrons. The molecule has 2 heterocycles.